The second-order valence-electron chi connectivity index (χ2n) is 3.50. The molecule has 0 radical (unpaired) electrons. The van der Waals surface area contributed by atoms with Gasteiger partial charge in [-0.05, 0) is 24.3 Å². The first-order valence-corrected chi connectivity index (χ1v) is 5.58. The van der Waals surface area contributed by atoms with E-state index in [4.69, 9.17) is 16.9 Å². The Hall–Kier alpha value is -1.99. The highest BCUT2D eigenvalue weighted by Crippen LogP contribution is 2.22. The van der Waals surface area contributed by atoms with Crippen molar-refractivity contribution in [2.75, 3.05) is 11.9 Å². The summed E-state index contributed by atoms with van der Waals surface area (Å²) in [4.78, 5) is 0. The van der Waals surface area contributed by atoms with E-state index in [9.17, 15) is 0 Å². The minimum Gasteiger partial charge on any atom is -0.382 e. The van der Waals surface area contributed by atoms with E-state index in [2.05, 4.69) is 16.5 Å². The van der Waals surface area contributed by atoms with Crippen LogP contribution in [0.1, 0.15) is 5.56 Å². The molecular formula is C12H11ClN4. The van der Waals surface area contributed by atoms with E-state index in [1.807, 2.05) is 16.9 Å². The minimum absolute atomic E-state index is 0.594. The standard InChI is InChI=1S/C12H11ClN4/c13-11-3-2-10(9-14)8-12(11)15-5-7-17-6-1-4-16-17/h1-4,6,8,15H,5,7H2. The van der Waals surface area contributed by atoms with Gasteiger partial charge in [0.15, 0.2) is 0 Å². The fourth-order valence-corrected chi connectivity index (χ4v) is 1.65. The third-order valence-electron chi connectivity index (χ3n) is 2.31. The zero-order valence-corrected chi connectivity index (χ0v) is 9.85. The highest BCUT2D eigenvalue weighted by atomic mass is 35.5. The fraction of sp³-hybridized carbons (Fsp3) is 0.167. The van der Waals surface area contributed by atoms with Gasteiger partial charge in [-0.15, -0.1) is 0 Å². The Kier molecular flexibility index (Phi) is 3.63. The van der Waals surface area contributed by atoms with Crippen molar-refractivity contribution in [3.05, 3.63) is 47.2 Å². The summed E-state index contributed by atoms with van der Waals surface area (Å²) in [6, 6.07) is 9.12. The van der Waals surface area contributed by atoms with Crippen molar-refractivity contribution in [2.45, 2.75) is 6.54 Å². The zero-order valence-electron chi connectivity index (χ0n) is 9.10. The second-order valence-corrected chi connectivity index (χ2v) is 3.91. The molecule has 0 bridgehead atoms. The highest BCUT2D eigenvalue weighted by Gasteiger charge is 2.01. The molecule has 0 aliphatic heterocycles. The SMILES string of the molecule is N#Cc1ccc(Cl)c(NCCn2cccn2)c1. The predicted molar refractivity (Wildman–Crippen MR) is 66.9 cm³/mol. The highest BCUT2D eigenvalue weighted by molar-refractivity contribution is 6.33. The molecule has 2 aromatic rings. The van der Waals surface area contributed by atoms with Gasteiger partial charge >= 0.3 is 0 Å². The van der Waals surface area contributed by atoms with Gasteiger partial charge in [0.2, 0.25) is 0 Å². The number of hydrogen-bond donors (Lipinski definition) is 1. The molecule has 0 saturated heterocycles. The summed E-state index contributed by atoms with van der Waals surface area (Å²) in [7, 11) is 0. The summed E-state index contributed by atoms with van der Waals surface area (Å²) in [5.74, 6) is 0. The van der Waals surface area contributed by atoms with Crippen molar-refractivity contribution >= 4 is 17.3 Å². The Balaban J connectivity index is 1.97. The largest absolute Gasteiger partial charge is 0.382 e. The van der Waals surface area contributed by atoms with Crippen molar-refractivity contribution in [2.24, 2.45) is 0 Å². The van der Waals surface area contributed by atoms with Crippen LogP contribution >= 0.6 is 11.6 Å². The van der Waals surface area contributed by atoms with Crippen LogP contribution < -0.4 is 5.32 Å². The number of nitriles is 1. The van der Waals surface area contributed by atoms with Gasteiger partial charge in [0.05, 0.1) is 28.9 Å². The number of anilines is 1. The molecule has 0 aliphatic rings. The molecule has 0 aliphatic carbocycles. The zero-order chi connectivity index (χ0) is 12.1. The average molecular weight is 247 g/mol. The van der Waals surface area contributed by atoms with Gasteiger partial charge in [0.1, 0.15) is 0 Å². The molecule has 0 atom stereocenters. The number of rotatable bonds is 4. The molecule has 0 fully saturated rings. The molecule has 1 heterocycles. The molecule has 1 N–H and O–H groups in total. The molecule has 86 valence electrons. The number of hydrogen-bond acceptors (Lipinski definition) is 3. The van der Waals surface area contributed by atoms with Crippen LogP contribution in [0.25, 0.3) is 0 Å². The van der Waals surface area contributed by atoms with Crippen LogP contribution in [0, 0.1) is 11.3 Å². The van der Waals surface area contributed by atoms with Gasteiger partial charge < -0.3 is 5.32 Å². The van der Waals surface area contributed by atoms with Gasteiger partial charge in [-0.3, -0.25) is 4.68 Å². The van der Waals surface area contributed by atoms with Crippen molar-refractivity contribution < 1.29 is 0 Å². The van der Waals surface area contributed by atoms with Crippen LogP contribution in [-0.2, 0) is 6.54 Å². The lowest BCUT2D eigenvalue weighted by Gasteiger charge is -2.08. The third kappa shape index (κ3) is 2.99. The lowest BCUT2D eigenvalue weighted by atomic mass is 10.2. The molecule has 0 unspecified atom stereocenters. The average Bonchev–Trinajstić information content (AvgIpc) is 2.84. The number of benzene rings is 1. The number of nitrogens with one attached hydrogen (secondary N) is 1. The van der Waals surface area contributed by atoms with Crippen molar-refractivity contribution in [1.29, 1.82) is 5.26 Å². The van der Waals surface area contributed by atoms with Crippen LogP contribution in [-0.4, -0.2) is 16.3 Å². The maximum Gasteiger partial charge on any atom is 0.0992 e. The number of nitrogens with zero attached hydrogens (tertiary/aromatic N) is 3. The van der Waals surface area contributed by atoms with Gasteiger partial charge in [-0.25, -0.2) is 0 Å². The topological polar surface area (TPSA) is 53.6 Å². The van der Waals surface area contributed by atoms with Crippen molar-refractivity contribution in [3.63, 3.8) is 0 Å². The van der Waals surface area contributed by atoms with E-state index in [-0.39, 0.29) is 0 Å². The number of halogens is 1. The summed E-state index contributed by atoms with van der Waals surface area (Å²) in [5, 5.41) is 16.7. The smallest absolute Gasteiger partial charge is 0.0992 e. The summed E-state index contributed by atoms with van der Waals surface area (Å²) in [6.45, 7) is 1.45. The van der Waals surface area contributed by atoms with Gasteiger partial charge in [-0.2, -0.15) is 10.4 Å². The third-order valence-corrected chi connectivity index (χ3v) is 2.64. The molecule has 0 spiro atoms. The summed E-state index contributed by atoms with van der Waals surface area (Å²) in [5.41, 5.74) is 1.37. The molecule has 17 heavy (non-hydrogen) atoms. The molecule has 0 amide bonds. The Morgan fingerprint density at radius 1 is 1.47 bits per heavy atom. The van der Waals surface area contributed by atoms with Crippen LogP contribution in [0.5, 0.6) is 0 Å². The van der Waals surface area contributed by atoms with Gasteiger partial charge in [-0.1, -0.05) is 11.6 Å². The van der Waals surface area contributed by atoms with Crippen LogP contribution in [0.4, 0.5) is 5.69 Å². The van der Waals surface area contributed by atoms with Crippen molar-refractivity contribution in [3.8, 4) is 6.07 Å². The maximum absolute atomic E-state index is 8.79. The molecular weight excluding hydrogens is 236 g/mol. The lowest BCUT2D eigenvalue weighted by Crippen LogP contribution is -2.11. The first-order chi connectivity index (χ1) is 8.29. The maximum atomic E-state index is 8.79. The van der Waals surface area contributed by atoms with Crippen LogP contribution in [0.3, 0.4) is 0 Å². The number of aromatic nitrogens is 2. The molecule has 0 saturated carbocycles. The van der Waals surface area contributed by atoms with E-state index < -0.39 is 0 Å². The monoisotopic (exact) mass is 246 g/mol. The first kappa shape index (κ1) is 11.5. The van der Waals surface area contributed by atoms with E-state index >= 15 is 0 Å². The van der Waals surface area contributed by atoms with E-state index in [0.717, 1.165) is 12.2 Å². The second kappa shape index (κ2) is 5.37. The van der Waals surface area contributed by atoms with E-state index in [1.165, 1.54) is 0 Å². The predicted octanol–water partition coefficient (Wildman–Crippen LogP) is 2.52. The quantitative estimate of drug-likeness (QED) is 0.902. The van der Waals surface area contributed by atoms with E-state index in [0.29, 0.717) is 17.1 Å². The van der Waals surface area contributed by atoms with Gasteiger partial charge in [0.25, 0.3) is 0 Å². The Morgan fingerprint density at radius 2 is 2.35 bits per heavy atom. The molecule has 1 aromatic heterocycles. The lowest BCUT2D eigenvalue weighted by molar-refractivity contribution is 0.638. The van der Waals surface area contributed by atoms with Crippen LogP contribution in [0.2, 0.25) is 5.02 Å². The summed E-state index contributed by atoms with van der Waals surface area (Å²) < 4.78 is 1.83. The van der Waals surface area contributed by atoms with Gasteiger partial charge in [0, 0.05) is 18.9 Å². The Morgan fingerprint density at radius 3 is 3.06 bits per heavy atom. The van der Waals surface area contributed by atoms with Crippen LogP contribution in [0.15, 0.2) is 36.7 Å². The molecule has 5 heteroatoms. The molecule has 2 rings (SSSR count). The van der Waals surface area contributed by atoms with E-state index in [1.54, 1.807) is 24.4 Å². The fourth-order valence-electron chi connectivity index (χ4n) is 1.47. The Bertz CT molecular complexity index is 528. The summed E-state index contributed by atoms with van der Waals surface area (Å²) in [6.07, 6.45) is 3.64. The van der Waals surface area contributed by atoms with Crippen molar-refractivity contribution in [1.82, 2.24) is 9.78 Å². The summed E-state index contributed by atoms with van der Waals surface area (Å²) >= 11 is 6.02. The molecule has 4 nitrogen and oxygen atoms in total. The molecule has 1 aromatic carbocycles. The minimum atomic E-state index is 0.594. The Labute approximate surface area is 104 Å². The first-order valence-electron chi connectivity index (χ1n) is 5.20. The normalized spacial score (nSPS) is 9.88.